The molecule has 5 aromatic rings. The number of pyridine rings is 1. The van der Waals surface area contributed by atoms with Crippen molar-refractivity contribution in [2.24, 2.45) is 5.73 Å². The Labute approximate surface area is 251 Å². The summed E-state index contributed by atoms with van der Waals surface area (Å²) in [6.45, 7) is 9.84. The molecule has 1 aliphatic rings. The third kappa shape index (κ3) is 5.78. The maximum absolute atomic E-state index is 10.7. The van der Waals surface area contributed by atoms with Crippen molar-refractivity contribution < 1.29 is 10.2 Å². The molecule has 3 aromatic heterocycles. The van der Waals surface area contributed by atoms with Crippen molar-refractivity contribution in [2.45, 2.75) is 64.2 Å². The Bertz CT molecular complexity index is 1770. The van der Waals surface area contributed by atoms with Gasteiger partial charge in [-0.05, 0) is 61.9 Å². The molecule has 0 saturated carbocycles. The number of aliphatic hydroxyl groups is 2. The van der Waals surface area contributed by atoms with Gasteiger partial charge < -0.3 is 26.2 Å². The van der Waals surface area contributed by atoms with Crippen molar-refractivity contribution in [3.05, 3.63) is 77.5 Å². The SMILES string of the molecule is CC(C)c1cnn2c(NCc3ccccc3-c3ccc4cc(C(C)(C)O)ccc4n3)nc(N3CCC(O)(CN)CC3)nc12. The van der Waals surface area contributed by atoms with Crippen LogP contribution >= 0.6 is 0 Å². The molecule has 0 aliphatic carbocycles. The number of hydrogen-bond donors (Lipinski definition) is 4. The van der Waals surface area contributed by atoms with E-state index in [1.807, 2.05) is 42.6 Å². The molecule has 1 aliphatic heterocycles. The number of piperidine rings is 1. The van der Waals surface area contributed by atoms with Gasteiger partial charge in [0.15, 0.2) is 5.65 Å². The molecular formula is C33H40N8O2. The third-order valence-corrected chi connectivity index (χ3v) is 8.49. The number of nitrogens with zero attached hydrogens (tertiary/aromatic N) is 6. The minimum Gasteiger partial charge on any atom is -0.388 e. The Morgan fingerprint density at radius 2 is 1.79 bits per heavy atom. The van der Waals surface area contributed by atoms with E-state index in [1.165, 1.54) is 0 Å². The van der Waals surface area contributed by atoms with E-state index in [-0.39, 0.29) is 12.5 Å². The quantitative estimate of drug-likeness (QED) is 0.208. The lowest BCUT2D eigenvalue weighted by Gasteiger charge is -2.37. The molecule has 10 heteroatoms. The van der Waals surface area contributed by atoms with Gasteiger partial charge in [0.05, 0.1) is 28.6 Å². The average molecular weight is 581 g/mol. The first-order chi connectivity index (χ1) is 20.5. The molecule has 1 saturated heterocycles. The monoisotopic (exact) mass is 580 g/mol. The number of rotatable bonds is 8. The van der Waals surface area contributed by atoms with Gasteiger partial charge >= 0.3 is 0 Å². The van der Waals surface area contributed by atoms with Crippen molar-refractivity contribution in [3.8, 4) is 11.3 Å². The summed E-state index contributed by atoms with van der Waals surface area (Å²) < 4.78 is 1.77. The van der Waals surface area contributed by atoms with Crippen molar-refractivity contribution in [1.82, 2.24) is 24.6 Å². The van der Waals surface area contributed by atoms with E-state index in [1.54, 1.807) is 18.4 Å². The van der Waals surface area contributed by atoms with Gasteiger partial charge in [0, 0.05) is 42.7 Å². The predicted molar refractivity (Wildman–Crippen MR) is 170 cm³/mol. The first-order valence-electron chi connectivity index (χ1n) is 14.9. The highest BCUT2D eigenvalue weighted by Gasteiger charge is 2.32. The van der Waals surface area contributed by atoms with Crippen LogP contribution in [0, 0.1) is 0 Å². The van der Waals surface area contributed by atoms with Crippen LogP contribution in [0.15, 0.2) is 60.8 Å². The number of benzene rings is 2. The highest BCUT2D eigenvalue weighted by atomic mass is 16.3. The lowest BCUT2D eigenvalue weighted by molar-refractivity contribution is 0.0247. The maximum Gasteiger partial charge on any atom is 0.230 e. The molecule has 5 N–H and O–H groups in total. The van der Waals surface area contributed by atoms with E-state index in [9.17, 15) is 10.2 Å². The van der Waals surface area contributed by atoms with Crippen LogP contribution in [0.2, 0.25) is 0 Å². The van der Waals surface area contributed by atoms with Crippen LogP contribution in [0.4, 0.5) is 11.9 Å². The molecular weight excluding hydrogens is 540 g/mol. The topological polar surface area (TPSA) is 138 Å². The molecule has 1 fully saturated rings. The number of anilines is 2. The van der Waals surface area contributed by atoms with Crippen LogP contribution in [-0.2, 0) is 12.1 Å². The summed E-state index contributed by atoms with van der Waals surface area (Å²) in [6, 6.07) is 18.2. The predicted octanol–water partition coefficient (Wildman–Crippen LogP) is 4.59. The van der Waals surface area contributed by atoms with Crippen LogP contribution in [0.25, 0.3) is 27.8 Å². The van der Waals surface area contributed by atoms with Gasteiger partial charge in [0.25, 0.3) is 0 Å². The van der Waals surface area contributed by atoms with Gasteiger partial charge in [-0.1, -0.05) is 50.2 Å². The van der Waals surface area contributed by atoms with Crippen LogP contribution < -0.4 is 16.0 Å². The highest BCUT2D eigenvalue weighted by molar-refractivity contribution is 5.83. The molecule has 0 amide bonds. The molecule has 10 nitrogen and oxygen atoms in total. The van der Waals surface area contributed by atoms with Gasteiger partial charge in [-0.25, -0.2) is 4.98 Å². The Balaban J connectivity index is 1.31. The van der Waals surface area contributed by atoms with E-state index < -0.39 is 11.2 Å². The average Bonchev–Trinajstić information content (AvgIpc) is 3.44. The van der Waals surface area contributed by atoms with Crippen molar-refractivity contribution in [2.75, 3.05) is 29.9 Å². The van der Waals surface area contributed by atoms with Gasteiger partial charge in [0.1, 0.15) is 0 Å². The molecule has 4 heterocycles. The normalized spacial score (nSPS) is 15.5. The minimum atomic E-state index is -0.913. The zero-order valence-electron chi connectivity index (χ0n) is 25.2. The molecule has 0 bridgehead atoms. The summed E-state index contributed by atoms with van der Waals surface area (Å²) in [4.78, 5) is 16.9. The fourth-order valence-corrected chi connectivity index (χ4v) is 5.63. The van der Waals surface area contributed by atoms with Gasteiger partial charge in [0.2, 0.25) is 11.9 Å². The number of hydrogen-bond acceptors (Lipinski definition) is 9. The second-order valence-corrected chi connectivity index (χ2v) is 12.4. The zero-order chi connectivity index (χ0) is 30.4. The first-order valence-corrected chi connectivity index (χ1v) is 14.9. The van der Waals surface area contributed by atoms with Crippen LogP contribution in [0.1, 0.15) is 63.1 Å². The summed E-state index contributed by atoms with van der Waals surface area (Å²) in [6.07, 6.45) is 3.01. The molecule has 0 unspecified atom stereocenters. The number of nitrogens with one attached hydrogen (secondary N) is 1. The largest absolute Gasteiger partial charge is 0.388 e. The maximum atomic E-state index is 10.7. The van der Waals surface area contributed by atoms with Crippen LogP contribution in [0.5, 0.6) is 0 Å². The van der Waals surface area contributed by atoms with E-state index >= 15 is 0 Å². The Hall–Kier alpha value is -4.12. The fourth-order valence-electron chi connectivity index (χ4n) is 5.63. The zero-order valence-corrected chi connectivity index (χ0v) is 25.2. The van der Waals surface area contributed by atoms with E-state index in [0.29, 0.717) is 44.4 Å². The Kier molecular flexibility index (Phi) is 7.53. The number of aromatic nitrogens is 5. The Morgan fingerprint density at radius 3 is 2.51 bits per heavy atom. The summed E-state index contributed by atoms with van der Waals surface area (Å²) >= 11 is 0. The van der Waals surface area contributed by atoms with Crippen molar-refractivity contribution in [1.29, 1.82) is 0 Å². The molecule has 43 heavy (non-hydrogen) atoms. The smallest absolute Gasteiger partial charge is 0.230 e. The van der Waals surface area contributed by atoms with Gasteiger partial charge in [-0.2, -0.15) is 19.6 Å². The standard InChI is InChI=1S/C33H40N8O2/c1-21(2)26-19-36-41-29(26)38-31(40-15-13-33(43,20-34)14-16-40)39-30(41)35-18-23-7-5-6-8-25(23)28-11-9-22-17-24(32(3,4)42)10-12-27(22)37-28/h5-12,17,19,21,42-43H,13-16,18,20,34H2,1-4H3,(H,35,38,39). The lowest BCUT2D eigenvalue weighted by Crippen LogP contribution is -2.49. The molecule has 0 spiro atoms. The fraction of sp³-hybridized carbons (Fsp3) is 0.394. The number of fused-ring (bicyclic) bond motifs is 2. The third-order valence-electron chi connectivity index (χ3n) is 8.49. The number of nitrogens with two attached hydrogens (primary N) is 1. The van der Waals surface area contributed by atoms with Gasteiger partial charge in [-0.15, -0.1) is 0 Å². The molecule has 224 valence electrons. The van der Waals surface area contributed by atoms with Crippen LogP contribution in [-0.4, -0.2) is 60.0 Å². The molecule has 0 atom stereocenters. The minimum absolute atomic E-state index is 0.246. The second kappa shape index (κ2) is 11.2. The summed E-state index contributed by atoms with van der Waals surface area (Å²) in [5.41, 5.74) is 10.6. The summed E-state index contributed by atoms with van der Waals surface area (Å²) in [5, 5.41) is 30.2. The van der Waals surface area contributed by atoms with E-state index in [2.05, 4.69) is 47.4 Å². The second-order valence-electron chi connectivity index (χ2n) is 12.4. The van der Waals surface area contributed by atoms with Crippen molar-refractivity contribution in [3.63, 3.8) is 0 Å². The summed E-state index contributed by atoms with van der Waals surface area (Å²) in [5.74, 6) is 1.47. The Morgan fingerprint density at radius 1 is 1.02 bits per heavy atom. The van der Waals surface area contributed by atoms with E-state index in [4.69, 9.17) is 20.7 Å². The first kappa shape index (κ1) is 29.0. The highest BCUT2D eigenvalue weighted by Crippen LogP contribution is 2.30. The molecule has 0 radical (unpaired) electrons. The van der Waals surface area contributed by atoms with Gasteiger partial charge in [-0.3, -0.25) is 0 Å². The molecule has 6 rings (SSSR count). The van der Waals surface area contributed by atoms with Crippen LogP contribution in [0.3, 0.4) is 0 Å². The lowest BCUT2D eigenvalue weighted by atomic mass is 9.92. The van der Waals surface area contributed by atoms with E-state index in [0.717, 1.165) is 44.5 Å². The molecule has 2 aromatic carbocycles. The summed E-state index contributed by atoms with van der Waals surface area (Å²) in [7, 11) is 0. The van der Waals surface area contributed by atoms with Crippen molar-refractivity contribution >= 4 is 28.4 Å².